The zero-order valence-electron chi connectivity index (χ0n) is 8.84. The Morgan fingerprint density at radius 3 is 2.93 bits per heavy atom. The van der Waals surface area contributed by atoms with Gasteiger partial charge in [-0.1, -0.05) is 12.1 Å². The Balaban J connectivity index is 2.31. The summed E-state index contributed by atoms with van der Waals surface area (Å²) >= 11 is 1.86. The van der Waals surface area contributed by atoms with Gasteiger partial charge in [0.05, 0.1) is 0 Å². The molecule has 1 aromatic carbocycles. The highest BCUT2D eigenvalue weighted by molar-refractivity contribution is 7.98. The minimum Gasteiger partial charge on any atom is -0.310 e. The SMILES string of the molecule is CSc1cc(C)ccc1C1CCCN1. The predicted molar refractivity (Wildman–Crippen MR) is 62.9 cm³/mol. The Kier molecular flexibility index (Phi) is 3.14. The Morgan fingerprint density at radius 1 is 1.43 bits per heavy atom. The molecule has 1 N–H and O–H groups in total. The first-order valence-electron chi connectivity index (χ1n) is 5.19. The number of nitrogens with one attached hydrogen (secondary N) is 1. The molecule has 1 fully saturated rings. The molecule has 0 amide bonds. The van der Waals surface area contributed by atoms with Crippen LogP contribution in [0.25, 0.3) is 0 Å². The summed E-state index contributed by atoms with van der Waals surface area (Å²) in [7, 11) is 0. The third-order valence-electron chi connectivity index (χ3n) is 2.82. The van der Waals surface area contributed by atoms with Crippen molar-refractivity contribution in [3.05, 3.63) is 29.3 Å². The molecule has 1 aliphatic heterocycles. The molecule has 2 heteroatoms. The molecule has 1 aromatic rings. The number of hydrogen-bond donors (Lipinski definition) is 1. The van der Waals surface area contributed by atoms with Crippen LogP contribution in [0.15, 0.2) is 23.1 Å². The Labute approximate surface area is 90.3 Å². The van der Waals surface area contributed by atoms with Crippen molar-refractivity contribution in [3.8, 4) is 0 Å². The number of aryl methyl sites for hydroxylation is 1. The maximum Gasteiger partial charge on any atom is 0.0331 e. The Hall–Kier alpha value is -0.470. The molecule has 0 saturated carbocycles. The van der Waals surface area contributed by atoms with E-state index in [9.17, 15) is 0 Å². The van der Waals surface area contributed by atoms with Gasteiger partial charge in [-0.25, -0.2) is 0 Å². The Morgan fingerprint density at radius 2 is 2.29 bits per heavy atom. The van der Waals surface area contributed by atoms with Gasteiger partial charge in [-0.15, -0.1) is 11.8 Å². The molecule has 1 atom stereocenters. The van der Waals surface area contributed by atoms with E-state index in [1.807, 2.05) is 11.8 Å². The summed E-state index contributed by atoms with van der Waals surface area (Å²) in [5.41, 5.74) is 2.84. The van der Waals surface area contributed by atoms with E-state index in [1.54, 1.807) is 0 Å². The maximum atomic E-state index is 3.55. The third-order valence-corrected chi connectivity index (χ3v) is 3.62. The lowest BCUT2D eigenvalue weighted by Crippen LogP contribution is -2.13. The molecule has 0 radical (unpaired) electrons. The van der Waals surface area contributed by atoms with E-state index >= 15 is 0 Å². The number of thioether (sulfide) groups is 1. The summed E-state index contributed by atoms with van der Waals surface area (Å²) in [5, 5.41) is 3.55. The number of benzene rings is 1. The first-order valence-corrected chi connectivity index (χ1v) is 6.41. The van der Waals surface area contributed by atoms with Gasteiger partial charge in [0, 0.05) is 10.9 Å². The molecule has 2 rings (SSSR count). The van der Waals surface area contributed by atoms with Gasteiger partial charge in [0.15, 0.2) is 0 Å². The van der Waals surface area contributed by atoms with E-state index < -0.39 is 0 Å². The molecule has 1 heterocycles. The first kappa shape index (κ1) is 10.1. The molecular formula is C12H17NS. The summed E-state index contributed by atoms with van der Waals surface area (Å²) in [6.45, 7) is 3.33. The third kappa shape index (κ3) is 1.96. The largest absolute Gasteiger partial charge is 0.310 e. The highest BCUT2D eigenvalue weighted by Crippen LogP contribution is 2.31. The molecule has 0 bridgehead atoms. The first-order chi connectivity index (χ1) is 6.81. The fourth-order valence-corrected chi connectivity index (χ4v) is 2.81. The van der Waals surface area contributed by atoms with Gasteiger partial charge >= 0.3 is 0 Å². The van der Waals surface area contributed by atoms with E-state index in [2.05, 4.69) is 36.7 Å². The van der Waals surface area contributed by atoms with Gasteiger partial charge in [-0.3, -0.25) is 0 Å². The highest BCUT2D eigenvalue weighted by atomic mass is 32.2. The van der Waals surface area contributed by atoms with Gasteiger partial charge in [-0.05, 0) is 49.8 Å². The van der Waals surface area contributed by atoms with Crippen LogP contribution in [0.1, 0.15) is 30.0 Å². The van der Waals surface area contributed by atoms with Crippen LogP contribution in [-0.4, -0.2) is 12.8 Å². The van der Waals surface area contributed by atoms with Crippen LogP contribution < -0.4 is 5.32 Å². The van der Waals surface area contributed by atoms with Crippen molar-refractivity contribution >= 4 is 11.8 Å². The molecule has 1 nitrogen and oxygen atoms in total. The van der Waals surface area contributed by atoms with Crippen LogP contribution in [0.3, 0.4) is 0 Å². The maximum absolute atomic E-state index is 3.55. The second-order valence-electron chi connectivity index (χ2n) is 3.89. The van der Waals surface area contributed by atoms with Gasteiger partial charge in [0.2, 0.25) is 0 Å². The second-order valence-corrected chi connectivity index (χ2v) is 4.74. The van der Waals surface area contributed by atoms with E-state index in [4.69, 9.17) is 0 Å². The van der Waals surface area contributed by atoms with Crippen LogP contribution in [0.2, 0.25) is 0 Å². The average Bonchev–Trinajstić information content (AvgIpc) is 2.70. The van der Waals surface area contributed by atoms with Crippen LogP contribution >= 0.6 is 11.8 Å². The molecule has 1 unspecified atom stereocenters. The summed E-state index contributed by atoms with van der Waals surface area (Å²) in [6, 6.07) is 7.39. The van der Waals surface area contributed by atoms with Crippen molar-refractivity contribution in [2.75, 3.05) is 12.8 Å². The van der Waals surface area contributed by atoms with Crippen LogP contribution in [0.4, 0.5) is 0 Å². The molecule has 76 valence electrons. The van der Waals surface area contributed by atoms with Crippen molar-refractivity contribution in [1.82, 2.24) is 5.32 Å². The van der Waals surface area contributed by atoms with E-state index in [-0.39, 0.29) is 0 Å². The van der Waals surface area contributed by atoms with Crippen molar-refractivity contribution in [3.63, 3.8) is 0 Å². The molecular weight excluding hydrogens is 190 g/mol. The van der Waals surface area contributed by atoms with Gasteiger partial charge in [-0.2, -0.15) is 0 Å². The molecule has 14 heavy (non-hydrogen) atoms. The summed E-state index contributed by atoms with van der Waals surface area (Å²) < 4.78 is 0. The Bertz CT molecular complexity index is 316. The lowest BCUT2D eigenvalue weighted by molar-refractivity contribution is 0.636. The summed E-state index contributed by atoms with van der Waals surface area (Å²) in [6.07, 6.45) is 4.76. The second kappa shape index (κ2) is 4.37. The lowest BCUT2D eigenvalue weighted by atomic mass is 10.0. The van der Waals surface area contributed by atoms with Crippen molar-refractivity contribution in [2.45, 2.75) is 30.7 Å². The molecule has 1 aliphatic rings. The minimum absolute atomic E-state index is 0.595. The van der Waals surface area contributed by atoms with Gasteiger partial charge < -0.3 is 5.32 Å². The van der Waals surface area contributed by atoms with Crippen LogP contribution in [0, 0.1) is 6.92 Å². The standard InChI is InChI=1S/C12H17NS/c1-9-5-6-10(12(8-9)14-2)11-4-3-7-13-11/h5-6,8,11,13H,3-4,7H2,1-2H3. The minimum atomic E-state index is 0.595. The zero-order valence-corrected chi connectivity index (χ0v) is 9.66. The highest BCUT2D eigenvalue weighted by Gasteiger charge is 2.18. The van der Waals surface area contributed by atoms with E-state index in [0.29, 0.717) is 6.04 Å². The zero-order chi connectivity index (χ0) is 9.97. The van der Waals surface area contributed by atoms with E-state index in [1.165, 1.54) is 35.4 Å². The summed E-state index contributed by atoms with van der Waals surface area (Å²) in [4.78, 5) is 1.43. The number of hydrogen-bond acceptors (Lipinski definition) is 2. The average molecular weight is 207 g/mol. The van der Waals surface area contributed by atoms with Crippen LogP contribution in [0.5, 0.6) is 0 Å². The smallest absolute Gasteiger partial charge is 0.0331 e. The quantitative estimate of drug-likeness (QED) is 0.748. The van der Waals surface area contributed by atoms with Crippen LogP contribution in [-0.2, 0) is 0 Å². The van der Waals surface area contributed by atoms with Crippen molar-refractivity contribution in [1.29, 1.82) is 0 Å². The fourth-order valence-electron chi connectivity index (χ4n) is 2.06. The topological polar surface area (TPSA) is 12.0 Å². The normalized spacial score (nSPS) is 21.4. The molecule has 0 spiro atoms. The predicted octanol–water partition coefficient (Wildman–Crippen LogP) is 3.14. The molecule has 1 saturated heterocycles. The fraction of sp³-hybridized carbons (Fsp3) is 0.500. The lowest BCUT2D eigenvalue weighted by Gasteiger charge is -2.15. The van der Waals surface area contributed by atoms with E-state index in [0.717, 1.165) is 0 Å². The number of rotatable bonds is 2. The van der Waals surface area contributed by atoms with Crippen molar-refractivity contribution < 1.29 is 0 Å². The summed E-state index contributed by atoms with van der Waals surface area (Å²) in [5.74, 6) is 0. The molecule has 0 aromatic heterocycles. The van der Waals surface area contributed by atoms with Gasteiger partial charge in [0.1, 0.15) is 0 Å². The molecule has 0 aliphatic carbocycles. The monoisotopic (exact) mass is 207 g/mol. The van der Waals surface area contributed by atoms with Gasteiger partial charge in [0.25, 0.3) is 0 Å². The van der Waals surface area contributed by atoms with Crippen molar-refractivity contribution in [2.24, 2.45) is 0 Å².